The van der Waals surface area contributed by atoms with Gasteiger partial charge in [0.05, 0.1) is 47.7 Å². The summed E-state index contributed by atoms with van der Waals surface area (Å²) in [5.74, 6) is -1.22. The number of aromatic amines is 1. The molecule has 3 fully saturated rings. The first-order valence-corrected chi connectivity index (χ1v) is 19.2. The van der Waals surface area contributed by atoms with Crippen LogP contribution in [0.3, 0.4) is 0 Å². The first-order valence-electron chi connectivity index (χ1n) is 17.7. The van der Waals surface area contributed by atoms with E-state index >= 15 is 4.39 Å². The van der Waals surface area contributed by atoms with E-state index in [1.54, 1.807) is 12.3 Å². The summed E-state index contributed by atoms with van der Waals surface area (Å²) in [7, 11) is 1.43. The molecule has 12 nitrogen and oxygen atoms in total. The molecule has 5 heterocycles. The van der Waals surface area contributed by atoms with Crippen LogP contribution in [0.2, 0.25) is 5.02 Å². The maximum Gasteiger partial charge on any atom is 0.319 e. The number of carbonyl (C=O) groups is 2. The number of nitrogens with one attached hydrogen (secondary N) is 1. The van der Waals surface area contributed by atoms with Crippen LogP contribution in [-0.2, 0) is 20.8 Å². The summed E-state index contributed by atoms with van der Waals surface area (Å²) in [5.41, 5.74) is 2.65. The molecule has 53 heavy (non-hydrogen) atoms. The number of hydrazine groups is 1. The summed E-state index contributed by atoms with van der Waals surface area (Å²) in [6.07, 6.45) is 4.20. The van der Waals surface area contributed by atoms with E-state index in [2.05, 4.69) is 36.8 Å². The Balaban J connectivity index is 1.02. The Kier molecular flexibility index (Phi) is 11.4. The number of rotatable bonds is 11. The van der Waals surface area contributed by atoms with Crippen LogP contribution in [-0.4, -0.2) is 124 Å². The molecule has 4 aromatic rings. The third kappa shape index (κ3) is 8.10. The zero-order valence-electron chi connectivity index (χ0n) is 29.3. The van der Waals surface area contributed by atoms with Crippen molar-refractivity contribution in [3.63, 3.8) is 0 Å². The van der Waals surface area contributed by atoms with Gasteiger partial charge in [-0.3, -0.25) is 23.6 Å². The molecule has 1 unspecified atom stereocenters. The predicted molar refractivity (Wildman–Crippen MR) is 199 cm³/mol. The number of anilines is 2. The number of fused-ring (bicyclic) bond motifs is 1. The molecular weight excluding hydrogens is 728 g/mol. The highest BCUT2D eigenvalue weighted by Gasteiger charge is 2.32. The largest absolute Gasteiger partial charge is 0.754 e. The van der Waals surface area contributed by atoms with Crippen LogP contribution in [0.1, 0.15) is 35.2 Å². The number of methoxy groups -OCH3 is 1. The van der Waals surface area contributed by atoms with Crippen molar-refractivity contribution in [3.8, 4) is 11.1 Å². The molecule has 7 rings (SSSR count). The molecule has 2 atom stereocenters. The topological polar surface area (TPSA) is 128 Å². The fourth-order valence-electron chi connectivity index (χ4n) is 7.57. The minimum Gasteiger partial charge on any atom is -0.754 e. The number of ketones is 1. The van der Waals surface area contributed by atoms with Gasteiger partial charge in [-0.15, -0.1) is 0 Å². The third-order valence-electron chi connectivity index (χ3n) is 10.5. The Morgan fingerprint density at radius 2 is 1.75 bits per heavy atom. The maximum absolute atomic E-state index is 15.3. The highest BCUT2D eigenvalue weighted by molar-refractivity contribution is 7.80. The number of nitrogens with zero attached hydrogens (tertiary/aromatic N) is 6. The zero-order valence-corrected chi connectivity index (χ0v) is 30.9. The van der Waals surface area contributed by atoms with Crippen molar-refractivity contribution in [3.05, 3.63) is 76.8 Å². The van der Waals surface area contributed by atoms with Gasteiger partial charge in [-0.2, -0.15) is 0 Å². The molecule has 2 aromatic carbocycles. The second-order valence-corrected chi connectivity index (χ2v) is 15.0. The lowest BCUT2D eigenvalue weighted by Crippen LogP contribution is -2.49. The number of benzene rings is 2. The van der Waals surface area contributed by atoms with Gasteiger partial charge in [0.25, 0.3) is 0 Å². The number of hydrogen-bond donors (Lipinski definition) is 1. The van der Waals surface area contributed by atoms with Crippen LogP contribution < -0.4 is 9.31 Å². The van der Waals surface area contributed by atoms with Crippen LogP contribution in [0.4, 0.5) is 20.2 Å². The molecule has 0 radical (unpaired) electrons. The first kappa shape index (κ1) is 37.3. The van der Waals surface area contributed by atoms with Crippen LogP contribution in [0.15, 0.2) is 54.9 Å². The molecule has 3 aliphatic rings. The molecule has 16 heteroatoms. The van der Waals surface area contributed by atoms with Crippen molar-refractivity contribution in [1.29, 1.82) is 0 Å². The van der Waals surface area contributed by atoms with Crippen LogP contribution in [0.25, 0.3) is 22.2 Å². The number of ether oxygens (including phenoxy) is 1. The van der Waals surface area contributed by atoms with Gasteiger partial charge in [-0.05, 0) is 74.2 Å². The number of halogens is 3. The first-order chi connectivity index (χ1) is 25.6. The Bertz CT molecular complexity index is 1990. The van der Waals surface area contributed by atoms with Crippen molar-refractivity contribution < 1.29 is 31.9 Å². The average molecular weight is 769 g/mol. The molecule has 1 N–H and O–H groups in total. The van der Waals surface area contributed by atoms with Crippen LogP contribution >= 0.6 is 11.6 Å². The Morgan fingerprint density at radius 3 is 2.42 bits per heavy atom. The van der Waals surface area contributed by atoms with E-state index in [4.69, 9.17) is 16.3 Å². The fourth-order valence-corrected chi connectivity index (χ4v) is 8.59. The standard InChI is InChI=1S/C37H42ClF2N7O5S/c1-52-33(48)23-43-11-8-24(9-12-43)21-44-14-16-45(17-15-44)28-4-2-25(3-5-28)26-18-29-30(20-42-37(29)41-19-26)36(49)34-31(40)6-7-32(35(34)38)47(53(50)51)46-13-10-27(39)22-46/h2-7,18-20,24,27H,8-17,21-23H2,1H3,(H,41,42)(H,50,51)/p-1/t27-/m1/s1. The lowest BCUT2D eigenvalue weighted by Gasteiger charge is -2.39. The maximum atomic E-state index is 15.3. The number of aromatic nitrogens is 2. The summed E-state index contributed by atoms with van der Waals surface area (Å²) in [4.78, 5) is 40.1. The molecule has 0 spiro atoms. The Morgan fingerprint density at radius 1 is 1.02 bits per heavy atom. The molecule has 282 valence electrons. The molecule has 0 bridgehead atoms. The summed E-state index contributed by atoms with van der Waals surface area (Å²) < 4.78 is 59.3. The van der Waals surface area contributed by atoms with Crippen molar-refractivity contribution >= 4 is 57.0 Å². The van der Waals surface area contributed by atoms with Gasteiger partial charge in [0.1, 0.15) is 17.6 Å². The lowest BCUT2D eigenvalue weighted by molar-refractivity contribution is -0.142. The number of likely N-dealkylation sites (tertiary alicyclic amines) is 1. The number of piperazine rings is 1. The molecule has 0 aliphatic carbocycles. The molecule has 2 aromatic heterocycles. The second kappa shape index (κ2) is 16.2. The molecule has 0 amide bonds. The third-order valence-corrected chi connectivity index (χ3v) is 11.6. The van der Waals surface area contributed by atoms with E-state index in [9.17, 15) is 22.7 Å². The summed E-state index contributed by atoms with van der Waals surface area (Å²) >= 11 is 3.67. The van der Waals surface area contributed by atoms with Gasteiger partial charge in [0, 0.05) is 73.9 Å². The van der Waals surface area contributed by atoms with E-state index in [-0.39, 0.29) is 36.7 Å². The molecule has 3 saturated heterocycles. The van der Waals surface area contributed by atoms with Crippen molar-refractivity contribution in [2.75, 3.05) is 81.9 Å². The minimum atomic E-state index is -2.90. The highest BCUT2D eigenvalue weighted by Crippen LogP contribution is 2.37. The van der Waals surface area contributed by atoms with E-state index < -0.39 is 39.6 Å². The summed E-state index contributed by atoms with van der Waals surface area (Å²) in [6.45, 7) is 7.01. The summed E-state index contributed by atoms with van der Waals surface area (Å²) in [6, 6.07) is 12.1. The van der Waals surface area contributed by atoms with Gasteiger partial charge in [-0.1, -0.05) is 23.7 Å². The van der Waals surface area contributed by atoms with Crippen LogP contribution in [0.5, 0.6) is 0 Å². The number of hydrogen-bond acceptors (Lipinski definition) is 10. The lowest BCUT2D eigenvalue weighted by atomic mass is 9.96. The number of H-pyrrole nitrogens is 1. The van der Waals surface area contributed by atoms with E-state index in [1.807, 2.05) is 12.1 Å². The van der Waals surface area contributed by atoms with Gasteiger partial charge in [-0.25, -0.2) is 23.2 Å². The molecule has 0 saturated carbocycles. The quantitative estimate of drug-likeness (QED) is 0.129. The number of pyridine rings is 1. The Hall–Kier alpha value is -3.99. The van der Waals surface area contributed by atoms with Gasteiger partial charge < -0.3 is 19.2 Å². The molecule has 3 aliphatic heterocycles. The van der Waals surface area contributed by atoms with E-state index in [0.717, 1.165) is 92.0 Å². The van der Waals surface area contributed by atoms with E-state index in [1.165, 1.54) is 18.3 Å². The van der Waals surface area contributed by atoms with Crippen molar-refractivity contribution in [1.82, 2.24) is 24.8 Å². The zero-order chi connectivity index (χ0) is 37.2. The summed E-state index contributed by atoms with van der Waals surface area (Å²) in [5, 5.41) is 1.32. The van der Waals surface area contributed by atoms with Gasteiger partial charge >= 0.3 is 5.97 Å². The SMILES string of the molecule is COC(=O)CN1CCC(CN2CCN(c3ccc(-c4cnc5[nH]cc(C(=O)c6c(F)ccc(N(N7CC[C@@H](F)C7)S(=O)[O-])c6Cl)c5c4)cc3)CC2)CC1. The van der Waals surface area contributed by atoms with Crippen molar-refractivity contribution in [2.45, 2.75) is 25.4 Å². The van der Waals surface area contributed by atoms with Crippen molar-refractivity contribution in [2.24, 2.45) is 5.92 Å². The second-order valence-electron chi connectivity index (χ2n) is 13.8. The molecular formula is C37H41ClF2N7O5S-. The normalized spacial score (nSPS) is 19.9. The number of piperidine rings is 1. The van der Waals surface area contributed by atoms with Gasteiger partial charge in [0.2, 0.25) is 0 Å². The van der Waals surface area contributed by atoms with Crippen LogP contribution in [0, 0.1) is 11.7 Å². The highest BCUT2D eigenvalue weighted by atomic mass is 35.5. The predicted octanol–water partition coefficient (Wildman–Crippen LogP) is 4.82. The minimum absolute atomic E-state index is 0.114. The number of esters is 1. The van der Waals surface area contributed by atoms with E-state index in [0.29, 0.717) is 23.5 Å². The monoisotopic (exact) mass is 768 g/mol. The Labute approximate surface area is 314 Å². The average Bonchev–Trinajstić information content (AvgIpc) is 3.79. The number of carbonyl (C=O) groups excluding carboxylic acids is 2. The van der Waals surface area contributed by atoms with Gasteiger partial charge in [0.15, 0.2) is 5.78 Å². The number of alkyl halides is 1. The fraction of sp³-hybridized carbons (Fsp3) is 0.432. The smallest absolute Gasteiger partial charge is 0.319 e.